The van der Waals surface area contributed by atoms with Gasteiger partial charge in [-0.1, -0.05) is 24.3 Å². The van der Waals surface area contributed by atoms with Gasteiger partial charge in [0.25, 0.3) is 11.8 Å². The van der Waals surface area contributed by atoms with E-state index < -0.39 is 0 Å². The summed E-state index contributed by atoms with van der Waals surface area (Å²) in [5, 5.41) is 1.94. The molecule has 2 amide bonds. The fourth-order valence-corrected chi connectivity index (χ4v) is 5.11. The van der Waals surface area contributed by atoms with Crippen LogP contribution in [0.3, 0.4) is 0 Å². The molecule has 1 aromatic heterocycles. The zero-order valence-electron chi connectivity index (χ0n) is 15.8. The first-order valence-electron chi connectivity index (χ1n) is 9.30. The smallest absolute Gasteiger partial charge is 0.263 e. The molecule has 5 nitrogen and oxygen atoms in total. The van der Waals surface area contributed by atoms with Gasteiger partial charge >= 0.3 is 0 Å². The lowest BCUT2D eigenvalue weighted by Gasteiger charge is -2.51. The van der Waals surface area contributed by atoms with Crippen molar-refractivity contribution < 1.29 is 9.59 Å². The van der Waals surface area contributed by atoms with Crippen molar-refractivity contribution in [2.24, 2.45) is 11.3 Å². The molecule has 0 bridgehead atoms. The van der Waals surface area contributed by atoms with Crippen molar-refractivity contribution in [1.82, 2.24) is 14.7 Å². The normalized spacial score (nSPS) is 20.9. The van der Waals surface area contributed by atoms with E-state index in [0.717, 1.165) is 43.2 Å². The fraction of sp³-hybridized carbons (Fsp3) is 0.429. The third-order valence-electron chi connectivity index (χ3n) is 5.74. The maximum absolute atomic E-state index is 12.9. The van der Waals surface area contributed by atoms with Gasteiger partial charge in [-0.15, -0.1) is 11.3 Å². The largest absolute Gasteiger partial charge is 0.338 e. The second kappa shape index (κ2) is 7.09. The third kappa shape index (κ3) is 3.39. The van der Waals surface area contributed by atoms with Crippen molar-refractivity contribution in [3.05, 3.63) is 58.3 Å². The molecule has 4 rings (SSSR count). The molecule has 2 aliphatic heterocycles. The van der Waals surface area contributed by atoms with Crippen molar-refractivity contribution in [2.45, 2.75) is 0 Å². The van der Waals surface area contributed by atoms with E-state index in [4.69, 9.17) is 0 Å². The first kappa shape index (κ1) is 18.2. The number of nitrogens with zero attached hydrogens (tertiary/aromatic N) is 3. The van der Waals surface area contributed by atoms with Crippen molar-refractivity contribution in [3.63, 3.8) is 0 Å². The molecule has 3 heterocycles. The quantitative estimate of drug-likeness (QED) is 0.815. The maximum Gasteiger partial charge on any atom is 0.263 e. The minimum absolute atomic E-state index is 0.0155. The highest BCUT2D eigenvalue weighted by Crippen LogP contribution is 2.45. The lowest BCUT2D eigenvalue weighted by atomic mass is 9.71. The lowest BCUT2D eigenvalue weighted by molar-refractivity contribution is -0.0144. The van der Waals surface area contributed by atoms with E-state index in [-0.39, 0.29) is 17.2 Å². The number of likely N-dealkylation sites (tertiary alicyclic amines) is 2. The van der Waals surface area contributed by atoms with Crippen molar-refractivity contribution in [3.8, 4) is 0 Å². The van der Waals surface area contributed by atoms with Crippen LogP contribution in [0, 0.1) is 11.3 Å². The summed E-state index contributed by atoms with van der Waals surface area (Å²) in [6.07, 6.45) is 0. The van der Waals surface area contributed by atoms with E-state index in [1.165, 1.54) is 11.3 Å². The molecular weight excluding hydrogens is 358 g/mol. The molecule has 1 unspecified atom stereocenters. The standard InChI is InChI=1S/C21H25N3O2S/c1-22(2)11-17-12-23(19(25)16-7-4-3-5-8-16)13-21(17)14-24(15-21)20(26)18-9-6-10-27-18/h3-10,17H,11-15H2,1-2H3. The van der Waals surface area contributed by atoms with E-state index in [9.17, 15) is 9.59 Å². The molecular formula is C21H25N3O2S. The van der Waals surface area contributed by atoms with E-state index in [0.29, 0.717) is 5.92 Å². The molecule has 2 aromatic rings. The predicted molar refractivity (Wildman–Crippen MR) is 107 cm³/mol. The van der Waals surface area contributed by atoms with Gasteiger partial charge in [0.05, 0.1) is 4.88 Å². The molecule has 2 fully saturated rings. The molecule has 0 N–H and O–H groups in total. The van der Waals surface area contributed by atoms with Crippen LogP contribution in [-0.4, -0.2) is 73.3 Å². The van der Waals surface area contributed by atoms with Crippen molar-refractivity contribution in [1.29, 1.82) is 0 Å². The first-order valence-corrected chi connectivity index (χ1v) is 10.2. The Hall–Kier alpha value is -2.18. The average Bonchev–Trinajstić information content (AvgIpc) is 3.28. The Morgan fingerprint density at radius 2 is 1.74 bits per heavy atom. The lowest BCUT2D eigenvalue weighted by Crippen LogP contribution is -2.63. The van der Waals surface area contributed by atoms with Crippen LogP contribution in [0.4, 0.5) is 0 Å². The highest BCUT2D eigenvalue weighted by molar-refractivity contribution is 7.12. The summed E-state index contributed by atoms with van der Waals surface area (Å²) in [7, 11) is 4.14. The van der Waals surface area contributed by atoms with Gasteiger partial charge < -0.3 is 14.7 Å². The summed E-state index contributed by atoms with van der Waals surface area (Å²) < 4.78 is 0. The van der Waals surface area contributed by atoms with Gasteiger partial charge in [-0.05, 0) is 43.6 Å². The van der Waals surface area contributed by atoms with Gasteiger partial charge in [0.1, 0.15) is 0 Å². The number of rotatable bonds is 4. The van der Waals surface area contributed by atoms with Crippen LogP contribution in [0.1, 0.15) is 20.0 Å². The summed E-state index contributed by atoms with van der Waals surface area (Å²) in [5.41, 5.74) is 0.755. The van der Waals surface area contributed by atoms with Gasteiger partial charge in [-0.2, -0.15) is 0 Å². The summed E-state index contributed by atoms with van der Waals surface area (Å²) in [5.74, 6) is 0.596. The molecule has 0 saturated carbocycles. The number of carbonyl (C=O) groups is 2. The van der Waals surface area contributed by atoms with Crippen LogP contribution in [0.2, 0.25) is 0 Å². The van der Waals surface area contributed by atoms with Crippen molar-refractivity contribution in [2.75, 3.05) is 46.8 Å². The van der Waals surface area contributed by atoms with Crippen LogP contribution in [0.5, 0.6) is 0 Å². The Balaban J connectivity index is 1.49. The molecule has 0 radical (unpaired) electrons. The minimum Gasteiger partial charge on any atom is -0.338 e. The van der Waals surface area contributed by atoms with E-state index in [2.05, 4.69) is 19.0 Å². The van der Waals surface area contributed by atoms with E-state index >= 15 is 0 Å². The topological polar surface area (TPSA) is 43.9 Å². The second-order valence-corrected chi connectivity index (χ2v) is 8.96. The Labute approximate surface area is 164 Å². The zero-order valence-corrected chi connectivity index (χ0v) is 16.6. The number of hydrogen-bond acceptors (Lipinski definition) is 4. The molecule has 2 aliphatic rings. The third-order valence-corrected chi connectivity index (χ3v) is 6.59. The Kier molecular flexibility index (Phi) is 4.78. The Morgan fingerprint density at radius 3 is 2.37 bits per heavy atom. The molecule has 1 atom stereocenters. The van der Waals surface area contributed by atoms with Gasteiger partial charge in [0.2, 0.25) is 0 Å². The van der Waals surface area contributed by atoms with Gasteiger partial charge in [0, 0.05) is 43.7 Å². The van der Waals surface area contributed by atoms with Gasteiger partial charge in [-0.3, -0.25) is 9.59 Å². The Morgan fingerprint density at radius 1 is 1.04 bits per heavy atom. The highest BCUT2D eigenvalue weighted by atomic mass is 32.1. The number of benzene rings is 1. The SMILES string of the molecule is CN(C)CC1CN(C(=O)c2ccccc2)CC12CN(C(=O)c1cccs1)C2. The van der Waals surface area contributed by atoms with Crippen LogP contribution in [-0.2, 0) is 0 Å². The highest BCUT2D eigenvalue weighted by Gasteiger charge is 2.56. The summed E-state index contributed by atoms with van der Waals surface area (Å²) >= 11 is 1.49. The molecule has 6 heteroatoms. The van der Waals surface area contributed by atoms with Crippen LogP contribution in [0.15, 0.2) is 47.8 Å². The van der Waals surface area contributed by atoms with Gasteiger partial charge in [-0.25, -0.2) is 0 Å². The van der Waals surface area contributed by atoms with Crippen LogP contribution < -0.4 is 0 Å². The van der Waals surface area contributed by atoms with Crippen LogP contribution in [0.25, 0.3) is 0 Å². The number of thiophene rings is 1. The molecule has 0 aliphatic carbocycles. The molecule has 27 heavy (non-hydrogen) atoms. The monoisotopic (exact) mass is 383 g/mol. The molecule has 2 saturated heterocycles. The van der Waals surface area contributed by atoms with Crippen molar-refractivity contribution >= 4 is 23.2 Å². The van der Waals surface area contributed by atoms with Crippen LogP contribution >= 0.6 is 11.3 Å². The molecule has 1 spiro atoms. The number of hydrogen-bond donors (Lipinski definition) is 0. The fourth-order valence-electron chi connectivity index (χ4n) is 4.42. The van der Waals surface area contributed by atoms with Gasteiger partial charge in [0.15, 0.2) is 0 Å². The van der Waals surface area contributed by atoms with E-state index in [1.54, 1.807) is 0 Å². The molecule has 1 aromatic carbocycles. The number of carbonyl (C=O) groups excluding carboxylic acids is 2. The maximum atomic E-state index is 12.9. The van der Waals surface area contributed by atoms with E-state index in [1.807, 2.05) is 57.6 Å². The zero-order chi connectivity index (χ0) is 19.0. The summed E-state index contributed by atoms with van der Waals surface area (Å²) in [4.78, 5) is 32.5. The summed E-state index contributed by atoms with van der Waals surface area (Å²) in [6, 6.07) is 13.3. The number of amides is 2. The minimum atomic E-state index is 0.0155. The molecule has 142 valence electrons. The second-order valence-electron chi connectivity index (χ2n) is 8.01. The first-order chi connectivity index (χ1) is 13.0. The average molecular weight is 384 g/mol. The Bertz CT molecular complexity index is 813. The predicted octanol–water partition coefficient (Wildman–Crippen LogP) is 2.52. The summed E-state index contributed by atoms with van der Waals surface area (Å²) in [6.45, 7) is 3.89.